The molecule has 2 aromatic carbocycles. The first-order valence-corrected chi connectivity index (χ1v) is 11.1. The number of carboxylic acid groups (broad SMARTS) is 1. The van der Waals surface area contributed by atoms with E-state index in [-0.39, 0.29) is 11.5 Å². The van der Waals surface area contributed by atoms with Crippen molar-refractivity contribution in [3.63, 3.8) is 0 Å². The molecule has 2 heterocycles. The highest BCUT2D eigenvalue weighted by molar-refractivity contribution is 5.88. The van der Waals surface area contributed by atoms with Crippen molar-refractivity contribution in [1.29, 1.82) is 0 Å². The average Bonchev–Trinajstić information content (AvgIpc) is 3.15. The van der Waals surface area contributed by atoms with E-state index >= 15 is 8.78 Å². The quantitative estimate of drug-likeness (QED) is 0.755. The number of amides is 1. The number of carboxylic acids is 1. The third kappa shape index (κ3) is 3.30. The predicted octanol–water partition coefficient (Wildman–Crippen LogP) is 4.57. The van der Waals surface area contributed by atoms with Crippen LogP contribution in [0.2, 0.25) is 0 Å². The van der Waals surface area contributed by atoms with Gasteiger partial charge in [0.25, 0.3) is 11.8 Å². The fourth-order valence-electron chi connectivity index (χ4n) is 5.44. The molecule has 2 atom stereocenters. The highest BCUT2D eigenvalue weighted by Crippen LogP contribution is 2.75. The molecule has 3 aliphatic rings. The number of carbonyl (C=O) groups excluding carboxylic acids is 1. The molecule has 32 heavy (non-hydrogen) atoms. The van der Waals surface area contributed by atoms with Gasteiger partial charge in [0.2, 0.25) is 0 Å². The van der Waals surface area contributed by atoms with Crippen LogP contribution in [0.5, 0.6) is 0 Å². The van der Waals surface area contributed by atoms with Gasteiger partial charge < -0.3 is 14.7 Å². The maximum Gasteiger partial charge on any atom is 0.335 e. The van der Waals surface area contributed by atoms with Crippen molar-refractivity contribution in [3.05, 3.63) is 59.7 Å². The number of piperidine rings is 1. The second-order valence-corrected chi connectivity index (χ2v) is 9.04. The second-order valence-electron chi connectivity index (χ2n) is 9.04. The first-order chi connectivity index (χ1) is 15.3. The first-order valence-electron chi connectivity index (χ1n) is 11.1. The molecular weight excluding hydrogens is 416 g/mol. The van der Waals surface area contributed by atoms with Crippen LogP contribution in [0.3, 0.4) is 0 Å². The molecule has 1 N–H and O–H groups in total. The topological polar surface area (TPSA) is 66.8 Å². The molecule has 1 aliphatic carbocycles. The Morgan fingerprint density at radius 2 is 1.56 bits per heavy atom. The molecule has 2 aromatic rings. The van der Waals surface area contributed by atoms with Gasteiger partial charge in [-0.1, -0.05) is 36.4 Å². The summed E-state index contributed by atoms with van der Waals surface area (Å²) in [6.07, 6.45) is 1.76. The highest BCUT2D eigenvalue weighted by atomic mass is 19.3. The van der Waals surface area contributed by atoms with Gasteiger partial charge in [0, 0.05) is 19.7 Å². The Morgan fingerprint density at radius 3 is 2.09 bits per heavy atom. The van der Waals surface area contributed by atoms with Crippen molar-refractivity contribution in [2.75, 3.05) is 19.7 Å². The first kappa shape index (κ1) is 21.1. The Morgan fingerprint density at radius 1 is 0.969 bits per heavy atom. The van der Waals surface area contributed by atoms with Crippen LogP contribution < -0.4 is 0 Å². The molecule has 0 bridgehead atoms. The Bertz CT molecular complexity index is 1020. The van der Waals surface area contributed by atoms with Crippen LogP contribution >= 0.6 is 0 Å². The van der Waals surface area contributed by atoms with Crippen molar-refractivity contribution in [1.82, 2.24) is 4.90 Å². The minimum absolute atomic E-state index is 0.0591. The predicted molar refractivity (Wildman–Crippen MR) is 114 cm³/mol. The lowest BCUT2D eigenvalue weighted by molar-refractivity contribution is -0.143. The number of ether oxygens (including phenoxy) is 1. The molecule has 1 saturated carbocycles. The lowest BCUT2D eigenvalue weighted by atomic mass is 9.88. The fraction of sp³-hybridized carbons (Fsp3) is 0.440. The van der Waals surface area contributed by atoms with Crippen LogP contribution in [0.15, 0.2) is 48.5 Å². The summed E-state index contributed by atoms with van der Waals surface area (Å²) in [4.78, 5) is 25.3. The number of rotatable bonds is 4. The van der Waals surface area contributed by atoms with E-state index in [2.05, 4.69) is 0 Å². The molecule has 0 aromatic heterocycles. The smallest absolute Gasteiger partial charge is 0.335 e. The standard InChI is InChI=1S/C25H25F2NO4/c26-25(27)21(24(25)11-13-28(14-12-24)22(29)20-2-1-15-32-20)18-7-3-16(4-8-18)17-5-9-19(10-6-17)23(30)31/h3-10,20-21H,1-2,11-15H2,(H,30,31)/t20-,21+/m1/s1. The number of hydrogen-bond donors (Lipinski definition) is 1. The van der Waals surface area contributed by atoms with Gasteiger partial charge in [0.15, 0.2) is 0 Å². The van der Waals surface area contributed by atoms with E-state index in [0.717, 1.165) is 17.5 Å². The summed E-state index contributed by atoms with van der Waals surface area (Å²) in [6, 6.07) is 13.6. The zero-order valence-electron chi connectivity index (χ0n) is 17.6. The monoisotopic (exact) mass is 441 g/mol. The Balaban J connectivity index is 1.28. The number of carbonyl (C=O) groups is 2. The minimum Gasteiger partial charge on any atom is -0.478 e. The second kappa shape index (κ2) is 7.66. The van der Waals surface area contributed by atoms with Crippen molar-refractivity contribution < 1.29 is 28.2 Å². The molecule has 7 heteroatoms. The summed E-state index contributed by atoms with van der Waals surface area (Å²) in [5.41, 5.74) is 1.42. The van der Waals surface area contributed by atoms with E-state index in [0.29, 0.717) is 44.5 Å². The Kier molecular flexibility index (Phi) is 5.04. The van der Waals surface area contributed by atoms with Gasteiger partial charge in [-0.2, -0.15) is 0 Å². The fourth-order valence-corrected chi connectivity index (χ4v) is 5.44. The molecular formula is C25H25F2NO4. The van der Waals surface area contributed by atoms with Crippen molar-refractivity contribution in [2.24, 2.45) is 5.41 Å². The molecule has 1 amide bonds. The third-order valence-electron chi connectivity index (χ3n) is 7.38. The van der Waals surface area contributed by atoms with Crippen LogP contribution in [0.25, 0.3) is 11.1 Å². The van der Waals surface area contributed by atoms with Gasteiger partial charge in [0.1, 0.15) is 6.10 Å². The van der Waals surface area contributed by atoms with Gasteiger partial charge in [-0.25, -0.2) is 13.6 Å². The largest absolute Gasteiger partial charge is 0.478 e. The van der Waals surface area contributed by atoms with E-state index in [1.807, 2.05) is 12.1 Å². The third-order valence-corrected chi connectivity index (χ3v) is 7.38. The van der Waals surface area contributed by atoms with Crippen LogP contribution in [-0.4, -0.2) is 53.6 Å². The minimum atomic E-state index is -2.78. The highest BCUT2D eigenvalue weighted by Gasteiger charge is 2.80. The lowest BCUT2D eigenvalue weighted by Crippen LogP contribution is -2.45. The summed E-state index contributed by atoms with van der Waals surface area (Å²) >= 11 is 0. The molecule has 0 radical (unpaired) electrons. The number of benzene rings is 2. The number of aromatic carboxylic acids is 1. The van der Waals surface area contributed by atoms with Crippen LogP contribution in [-0.2, 0) is 9.53 Å². The summed E-state index contributed by atoms with van der Waals surface area (Å²) in [5.74, 6) is -4.66. The lowest BCUT2D eigenvalue weighted by Gasteiger charge is -2.34. The van der Waals surface area contributed by atoms with Gasteiger partial charge in [0.05, 0.1) is 16.9 Å². The zero-order valence-corrected chi connectivity index (χ0v) is 17.6. The van der Waals surface area contributed by atoms with E-state index in [9.17, 15) is 9.59 Å². The average molecular weight is 441 g/mol. The normalized spacial score (nSPS) is 25.6. The molecule has 2 saturated heterocycles. The molecule has 5 rings (SSSR count). The number of alkyl halides is 2. The number of halogens is 2. The number of nitrogens with zero attached hydrogens (tertiary/aromatic N) is 1. The summed E-state index contributed by atoms with van der Waals surface area (Å²) in [6.45, 7) is 1.28. The van der Waals surface area contributed by atoms with Gasteiger partial charge in [-0.05, 0) is 54.5 Å². The van der Waals surface area contributed by atoms with Crippen molar-refractivity contribution in [3.8, 4) is 11.1 Å². The van der Waals surface area contributed by atoms with Crippen molar-refractivity contribution in [2.45, 2.75) is 43.6 Å². The molecule has 3 fully saturated rings. The van der Waals surface area contributed by atoms with Crippen LogP contribution in [0, 0.1) is 5.41 Å². The number of likely N-dealkylation sites (tertiary alicyclic amines) is 1. The zero-order chi connectivity index (χ0) is 22.5. The van der Waals surface area contributed by atoms with Gasteiger partial charge >= 0.3 is 5.97 Å². The SMILES string of the molecule is O=C(O)c1ccc(-c2ccc([C@@H]3C(F)(F)C34CCN(C(=O)[C@H]3CCCO3)CC4)cc2)cc1. The summed E-state index contributed by atoms with van der Waals surface area (Å²) < 4.78 is 35.5. The van der Waals surface area contributed by atoms with Gasteiger partial charge in [-0.15, -0.1) is 0 Å². The van der Waals surface area contributed by atoms with Gasteiger partial charge in [-0.3, -0.25) is 4.79 Å². The molecule has 1 spiro atoms. The summed E-state index contributed by atoms with van der Waals surface area (Å²) in [5, 5.41) is 9.02. The van der Waals surface area contributed by atoms with Crippen LogP contribution in [0.4, 0.5) is 8.78 Å². The molecule has 5 nitrogen and oxygen atoms in total. The maximum absolute atomic E-state index is 15.0. The van der Waals surface area contributed by atoms with Crippen LogP contribution in [0.1, 0.15) is 47.5 Å². The maximum atomic E-state index is 15.0. The molecule has 0 unspecified atom stereocenters. The molecule has 2 aliphatic heterocycles. The summed E-state index contributed by atoms with van der Waals surface area (Å²) in [7, 11) is 0. The van der Waals surface area contributed by atoms with E-state index in [1.54, 1.807) is 29.2 Å². The van der Waals surface area contributed by atoms with Crippen molar-refractivity contribution >= 4 is 11.9 Å². The molecule has 168 valence electrons. The Hall–Kier alpha value is -2.80. The Labute approximate surface area is 185 Å². The van der Waals surface area contributed by atoms with E-state index in [4.69, 9.17) is 9.84 Å². The van der Waals surface area contributed by atoms with E-state index in [1.165, 1.54) is 12.1 Å². The number of hydrogen-bond acceptors (Lipinski definition) is 3. The van der Waals surface area contributed by atoms with E-state index < -0.39 is 29.3 Å².